The van der Waals surface area contributed by atoms with Crippen molar-refractivity contribution >= 4 is 17.2 Å². The van der Waals surface area contributed by atoms with Gasteiger partial charge in [-0.1, -0.05) is 34.6 Å². The maximum atomic E-state index is 14.0. The Kier molecular flexibility index (Phi) is 5.99. The standard InChI is InChI=1S/C19H22F4N2OS/c1-11(2)9-25-10-15(18(3,4)5)27-17(25)24-16(26)13-8-12(19(21,22)23)6-7-14(13)20/h6-8,10-11H,9H2,1-5H3/b24-17-. The van der Waals surface area contributed by atoms with Crippen molar-refractivity contribution in [3.63, 3.8) is 0 Å². The number of aromatic nitrogens is 1. The lowest BCUT2D eigenvalue weighted by Gasteiger charge is -2.14. The molecule has 1 heterocycles. The zero-order valence-electron chi connectivity index (χ0n) is 15.8. The fourth-order valence-corrected chi connectivity index (χ4v) is 3.41. The molecule has 0 unspecified atom stereocenters. The molecule has 27 heavy (non-hydrogen) atoms. The van der Waals surface area contributed by atoms with Gasteiger partial charge >= 0.3 is 6.18 Å². The molecule has 2 rings (SSSR count). The minimum absolute atomic E-state index is 0.179. The molecular formula is C19H22F4N2OS. The van der Waals surface area contributed by atoms with Gasteiger partial charge in [-0.3, -0.25) is 4.79 Å². The summed E-state index contributed by atoms with van der Waals surface area (Å²) in [6.45, 7) is 10.6. The number of amides is 1. The molecule has 0 aliphatic heterocycles. The molecule has 0 saturated carbocycles. The van der Waals surface area contributed by atoms with Crippen molar-refractivity contribution in [2.24, 2.45) is 10.9 Å². The van der Waals surface area contributed by atoms with Gasteiger partial charge in [0.2, 0.25) is 0 Å². The van der Waals surface area contributed by atoms with Crippen LogP contribution < -0.4 is 4.80 Å². The van der Waals surface area contributed by atoms with Crippen LogP contribution in [0.2, 0.25) is 0 Å². The molecule has 0 atom stereocenters. The first-order valence-corrected chi connectivity index (χ1v) is 9.27. The van der Waals surface area contributed by atoms with Gasteiger partial charge in [0, 0.05) is 17.6 Å². The molecule has 3 nitrogen and oxygen atoms in total. The Labute approximate surface area is 159 Å². The highest BCUT2D eigenvalue weighted by atomic mass is 32.1. The summed E-state index contributed by atoms with van der Waals surface area (Å²) in [6, 6.07) is 1.75. The average molecular weight is 402 g/mol. The monoisotopic (exact) mass is 402 g/mol. The number of carbonyl (C=O) groups excluding carboxylic acids is 1. The second-order valence-corrected chi connectivity index (χ2v) is 8.79. The molecule has 0 N–H and O–H groups in total. The van der Waals surface area contributed by atoms with Crippen molar-refractivity contribution in [3.05, 3.63) is 51.0 Å². The van der Waals surface area contributed by atoms with Crippen molar-refractivity contribution in [2.45, 2.75) is 52.8 Å². The molecule has 0 radical (unpaired) electrons. The highest BCUT2D eigenvalue weighted by Crippen LogP contribution is 2.30. The summed E-state index contributed by atoms with van der Waals surface area (Å²) in [5.41, 5.74) is -1.95. The predicted molar refractivity (Wildman–Crippen MR) is 97.1 cm³/mol. The Hall–Kier alpha value is -1.96. The number of rotatable bonds is 3. The van der Waals surface area contributed by atoms with Crippen LogP contribution in [0.5, 0.6) is 0 Å². The maximum absolute atomic E-state index is 14.0. The molecule has 0 fully saturated rings. The fraction of sp³-hybridized carbons (Fsp3) is 0.474. The normalized spacial score (nSPS) is 13.5. The summed E-state index contributed by atoms with van der Waals surface area (Å²) in [5.74, 6) is -1.79. The lowest BCUT2D eigenvalue weighted by molar-refractivity contribution is -0.137. The molecule has 0 saturated heterocycles. The molecule has 0 spiro atoms. The van der Waals surface area contributed by atoms with E-state index in [0.717, 1.165) is 4.88 Å². The predicted octanol–water partition coefficient (Wildman–Crippen LogP) is 5.40. The summed E-state index contributed by atoms with van der Waals surface area (Å²) in [4.78, 5) is 17.7. The molecule has 8 heteroatoms. The third kappa shape index (κ3) is 5.28. The van der Waals surface area contributed by atoms with Crippen molar-refractivity contribution in [1.29, 1.82) is 0 Å². The first-order valence-electron chi connectivity index (χ1n) is 8.45. The van der Waals surface area contributed by atoms with Crippen molar-refractivity contribution in [2.75, 3.05) is 0 Å². The van der Waals surface area contributed by atoms with Crippen LogP contribution in [0.25, 0.3) is 0 Å². The summed E-state index contributed by atoms with van der Waals surface area (Å²) in [5, 5.41) is 0. The van der Waals surface area contributed by atoms with Crippen LogP contribution in [0.3, 0.4) is 0 Å². The van der Waals surface area contributed by atoms with Gasteiger partial charge in [0.1, 0.15) is 5.82 Å². The highest BCUT2D eigenvalue weighted by Gasteiger charge is 2.32. The highest BCUT2D eigenvalue weighted by molar-refractivity contribution is 7.09. The van der Waals surface area contributed by atoms with E-state index < -0.39 is 29.0 Å². The van der Waals surface area contributed by atoms with Gasteiger partial charge in [0.25, 0.3) is 5.91 Å². The number of halogens is 4. The van der Waals surface area contributed by atoms with E-state index in [4.69, 9.17) is 0 Å². The van der Waals surface area contributed by atoms with E-state index in [1.165, 1.54) is 11.3 Å². The largest absolute Gasteiger partial charge is 0.416 e. The molecule has 2 aromatic rings. The first kappa shape index (κ1) is 21.3. The number of carbonyl (C=O) groups is 1. The smallest absolute Gasteiger partial charge is 0.323 e. The number of hydrogen-bond donors (Lipinski definition) is 0. The van der Waals surface area contributed by atoms with Gasteiger partial charge in [0.15, 0.2) is 4.80 Å². The first-order chi connectivity index (χ1) is 12.3. The van der Waals surface area contributed by atoms with Crippen LogP contribution in [0.4, 0.5) is 17.6 Å². The van der Waals surface area contributed by atoms with Crippen LogP contribution in [-0.2, 0) is 18.1 Å². The number of alkyl halides is 3. The molecule has 0 aliphatic carbocycles. The van der Waals surface area contributed by atoms with Crippen LogP contribution in [-0.4, -0.2) is 10.5 Å². The van der Waals surface area contributed by atoms with Gasteiger partial charge < -0.3 is 4.57 Å². The number of benzene rings is 1. The molecule has 148 valence electrons. The topological polar surface area (TPSA) is 34.4 Å². The van der Waals surface area contributed by atoms with Crippen LogP contribution in [0.1, 0.15) is 55.4 Å². The van der Waals surface area contributed by atoms with Crippen molar-refractivity contribution in [1.82, 2.24) is 4.57 Å². The second kappa shape index (κ2) is 7.58. The zero-order chi connectivity index (χ0) is 20.6. The summed E-state index contributed by atoms with van der Waals surface area (Å²) >= 11 is 1.28. The summed E-state index contributed by atoms with van der Waals surface area (Å²) in [6.07, 6.45) is -2.78. The molecule has 0 aliphatic rings. The molecule has 1 aromatic carbocycles. The second-order valence-electron chi connectivity index (χ2n) is 7.78. The average Bonchev–Trinajstić information content (AvgIpc) is 2.88. The Morgan fingerprint density at radius 3 is 2.37 bits per heavy atom. The van der Waals surface area contributed by atoms with Gasteiger partial charge in [-0.05, 0) is 29.5 Å². The van der Waals surface area contributed by atoms with Crippen LogP contribution in [0, 0.1) is 11.7 Å². The van der Waals surface area contributed by atoms with E-state index in [-0.39, 0.29) is 11.3 Å². The molecule has 0 bridgehead atoms. The minimum atomic E-state index is -4.66. The van der Waals surface area contributed by atoms with E-state index in [9.17, 15) is 22.4 Å². The lowest BCUT2D eigenvalue weighted by Crippen LogP contribution is -2.19. The molecular weight excluding hydrogens is 380 g/mol. The SMILES string of the molecule is CC(C)Cn1cc(C(C)(C)C)s/c1=N\C(=O)c1cc(C(F)(F)F)ccc1F. The Bertz CT molecular complexity index is 902. The minimum Gasteiger partial charge on any atom is -0.323 e. The fourth-order valence-electron chi connectivity index (χ4n) is 2.35. The zero-order valence-corrected chi connectivity index (χ0v) is 16.6. The lowest BCUT2D eigenvalue weighted by atomic mass is 9.95. The van der Waals surface area contributed by atoms with Crippen LogP contribution >= 0.6 is 11.3 Å². The third-order valence-electron chi connectivity index (χ3n) is 3.74. The van der Waals surface area contributed by atoms with Crippen molar-refractivity contribution < 1.29 is 22.4 Å². The Morgan fingerprint density at radius 1 is 1.22 bits per heavy atom. The van der Waals surface area contributed by atoms with Gasteiger partial charge in [0.05, 0.1) is 11.1 Å². The van der Waals surface area contributed by atoms with E-state index in [1.807, 2.05) is 40.8 Å². The van der Waals surface area contributed by atoms with E-state index in [2.05, 4.69) is 4.99 Å². The van der Waals surface area contributed by atoms with Crippen LogP contribution in [0.15, 0.2) is 29.4 Å². The summed E-state index contributed by atoms with van der Waals surface area (Å²) < 4.78 is 54.4. The van der Waals surface area contributed by atoms with Crippen molar-refractivity contribution in [3.8, 4) is 0 Å². The van der Waals surface area contributed by atoms with E-state index >= 15 is 0 Å². The van der Waals surface area contributed by atoms with E-state index in [0.29, 0.717) is 29.5 Å². The molecule has 1 aromatic heterocycles. The van der Waals surface area contributed by atoms with Gasteiger partial charge in [-0.25, -0.2) is 4.39 Å². The summed E-state index contributed by atoms with van der Waals surface area (Å²) in [7, 11) is 0. The van der Waals surface area contributed by atoms with Gasteiger partial charge in [-0.15, -0.1) is 11.3 Å². The number of thiazole rings is 1. The Balaban J connectivity index is 2.55. The third-order valence-corrected chi connectivity index (χ3v) is 5.19. The molecule has 1 amide bonds. The maximum Gasteiger partial charge on any atom is 0.416 e. The number of nitrogens with zero attached hydrogens (tertiary/aromatic N) is 2. The number of hydrogen-bond acceptors (Lipinski definition) is 2. The van der Waals surface area contributed by atoms with Gasteiger partial charge in [-0.2, -0.15) is 18.2 Å². The Morgan fingerprint density at radius 2 is 1.85 bits per heavy atom. The quantitative estimate of drug-likeness (QED) is 0.633. The van der Waals surface area contributed by atoms with E-state index in [1.54, 1.807) is 4.57 Å².